The largest absolute Gasteiger partial charge is 0.368 e. The lowest BCUT2D eigenvalue weighted by atomic mass is 10.2. The van der Waals surface area contributed by atoms with Crippen LogP contribution in [-0.2, 0) is 11.3 Å². The van der Waals surface area contributed by atoms with Crippen LogP contribution in [0.2, 0.25) is 5.02 Å². The van der Waals surface area contributed by atoms with Crippen LogP contribution >= 0.6 is 11.6 Å². The van der Waals surface area contributed by atoms with E-state index in [2.05, 4.69) is 5.10 Å². The summed E-state index contributed by atoms with van der Waals surface area (Å²) in [6.07, 6.45) is 1.50. The molecule has 0 aliphatic heterocycles. The van der Waals surface area contributed by atoms with Gasteiger partial charge in [-0.1, -0.05) is 11.6 Å². The van der Waals surface area contributed by atoms with E-state index in [1.807, 2.05) is 39.8 Å². The lowest BCUT2D eigenvalue weighted by Crippen LogP contribution is -2.26. The van der Waals surface area contributed by atoms with Crippen molar-refractivity contribution in [1.29, 1.82) is 0 Å². The fourth-order valence-corrected chi connectivity index (χ4v) is 1.70. The van der Waals surface area contributed by atoms with Gasteiger partial charge in [0, 0.05) is 6.54 Å². The predicted octanol–water partition coefficient (Wildman–Crippen LogP) is 2.10. The average Bonchev–Trinajstić information content (AvgIpc) is 2.64. The molecule has 19 heavy (non-hydrogen) atoms. The fraction of sp³-hybridized carbons (Fsp3) is 0.692. The molecule has 0 spiro atoms. The number of ketones is 1. The van der Waals surface area contributed by atoms with Crippen LogP contribution in [0.5, 0.6) is 0 Å². The Bertz CT molecular complexity index is 436. The fourth-order valence-electron chi connectivity index (χ4n) is 1.45. The van der Waals surface area contributed by atoms with E-state index in [0.29, 0.717) is 17.3 Å². The second-order valence-electron chi connectivity index (χ2n) is 5.69. The molecule has 0 bridgehead atoms. The van der Waals surface area contributed by atoms with Crippen LogP contribution in [0.3, 0.4) is 0 Å². The molecule has 0 saturated carbocycles. The minimum Gasteiger partial charge on any atom is -0.368 e. The van der Waals surface area contributed by atoms with E-state index in [9.17, 15) is 4.79 Å². The zero-order valence-corrected chi connectivity index (χ0v) is 13.0. The second kappa shape index (κ2) is 6.50. The van der Waals surface area contributed by atoms with Gasteiger partial charge in [-0.2, -0.15) is 5.10 Å². The number of likely N-dealkylation sites (N-methyl/N-ethyl adjacent to an activating group) is 1. The first-order valence-electron chi connectivity index (χ1n) is 6.24. The summed E-state index contributed by atoms with van der Waals surface area (Å²) in [5, 5.41) is 4.51. The number of Topliss-reactive ketones (excluding diaryl/α,β-unsaturated/α-hetero) is 1. The van der Waals surface area contributed by atoms with Crippen LogP contribution in [-0.4, -0.2) is 53.3 Å². The summed E-state index contributed by atoms with van der Waals surface area (Å²) in [6, 6.07) is 0. The molecular weight excluding hydrogens is 266 g/mol. The molecular formula is C13H22ClN3O2. The minimum absolute atomic E-state index is 0.0108. The summed E-state index contributed by atoms with van der Waals surface area (Å²) < 4.78 is 7.13. The Morgan fingerprint density at radius 3 is 2.63 bits per heavy atom. The maximum atomic E-state index is 12.2. The van der Waals surface area contributed by atoms with Crippen molar-refractivity contribution in [2.24, 2.45) is 0 Å². The third kappa shape index (κ3) is 5.30. The number of carbonyl (C=O) groups excluding carboxylic acids is 1. The molecule has 0 N–H and O–H groups in total. The van der Waals surface area contributed by atoms with Crippen molar-refractivity contribution in [2.75, 3.05) is 27.2 Å². The molecule has 0 radical (unpaired) electrons. The molecule has 1 rings (SSSR count). The quantitative estimate of drug-likeness (QED) is 0.752. The minimum atomic E-state index is -0.351. The molecule has 0 aliphatic rings. The summed E-state index contributed by atoms with van der Waals surface area (Å²) in [7, 11) is 3.94. The molecule has 0 fully saturated rings. The van der Waals surface area contributed by atoms with Crippen LogP contribution in [0.4, 0.5) is 0 Å². The second-order valence-corrected chi connectivity index (χ2v) is 6.10. The Labute approximate surface area is 119 Å². The number of carbonyl (C=O) groups is 1. The van der Waals surface area contributed by atoms with Gasteiger partial charge in [0.05, 0.1) is 23.4 Å². The first kappa shape index (κ1) is 16.1. The zero-order valence-electron chi connectivity index (χ0n) is 12.2. The molecule has 0 unspecified atom stereocenters. The molecule has 1 heterocycles. The Balaban J connectivity index is 2.75. The van der Waals surface area contributed by atoms with Gasteiger partial charge < -0.3 is 9.64 Å². The van der Waals surface area contributed by atoms with Gasteiger partial charge in [-0.3, -0.25) is 9.48 Å². The number of hydrogen-bond acceptors (Lipinski definition) is 4. The molecule has 0 aromatic carbocycles. The van der Waals surface area contributed by atoms with E-state index in [1.165, 1.54) is 6.20 Å². The van der Waals surface area contributed by atoms with Gasteiger partial charge in [-0.15, -0.1) is 0 Å². The van der Waals surface area contributed by atoms with Crippen molar-refractivity contribution in [3.63, 3.8) is 0 Å². The highest BCUT2D eigenvalue weighted by Crippen LogP contribution is 2.17. The van der Waals surface area contributed by atoms with Gasteiger partial charge in [0.15, 0.2) is 0 Å². The lowest BCUT2D eigenvalue weighted by molar-refractivity contribution is 0.00264. The van der Waals surface area contributed by atoms with Gasteiger partial charge in [-0.25, -0.2) is 0 Å². The van der Waals surface area contributed by atoms with E-state index in [4.69, 9.17) is 16.3 Å². The summed E-state index contributed by atoms with van der Waals surface area (Å²) in [4.78, 5) is 14.2. The number of ether oxygens (including phenoxy) is 1. The highest BCUT2D eigenvalue weighted by Gasteiger charge is 2.20. The van der Waals surface area contributed by atoms with Crippen molar-refractivity contribution in [2.45, 2.75) is 32.9 Å². The van der Waals surface area contributed by atoms with Crippen molar-refractivity contribution >= 4 is 17.4 Å². The molecule has 0 atom stereocenters. The van der Waals surface area contributed by atoms with Crippen molar-refractivity contribution in [1.82, 2.24) is 14.7 Å². The van der Waals surface area contributed by atoms with Crippen LogP contribution in [0.15, 0.2) is 6.20 Å². The number of nitrogens with zero attached hydrogens (tertiary/aromatic N) is 3. The van der Waals surface area contributed by atoms with E-state index in [0.717, 1.165) is 6.54 Å². The average molecular weight is 288 g/mol. The molecule has 1 aromatic rings. The molecule has 0 aliphatic carbocycles. The lowest BCUT2D eigenvalue weighted by Gasteiger charge is -2.19. The first-order valence-corrected chi connectivity index (χ1v) is 6.61. The standard InChI is InChI=1S/C13H22ClN3O2/c1-13(2,3)19-9-11(18)12-10(14)8-15-17(12)7-6-16(4)5/h8H,6-7,9H2,1-5H3. The maximum Gasteiger partial charge on any atom is 0.207 e. The van der Waals surface area contributed by atoms with Crippen molar-refractivity contribution in [3.05, 3.63) is 16.9 Å². The predicted molar refractivity (Wildman–Crippen MR) is 75.8 cm³/mol. The van der Waals surface area contributed by atoms with Gasteiger partial charge in [-0.05, 0) is 34.9 Å². The van der Waals surface area contributed by atoms with E-state index in [-0.39, 0.29) is 18.0 Å². The van der Waals surface area contributed by atoms with Crippen molar-refractivity contribution in [3.8, 4) is 0 Å². The topological polar surface area (TPSA) is 47.4 Å². The van der Waals surface area contributed by atoms with Gasteiger partial charge >= 0.3 is 0 Å². The van der Waals surface area contributed by atoms with Crippen LogP contribution < -0.4 is 0 Å². The normalized spacial score (nSPS) is 12.2. The van der Waals surface area contributed by atoms with E-state index < -0.39 is 0 Å². The zero-order chi connectivity index (χ0) is 14.6. The van der Waals surface area contributed by atoms with Crippen LogP contribution in [0.25, 0.3) is 0 Å². The Kier molecular flexibility index (Phi) is 5.52. The molecule has 1 aromatic heterocycles. The highest BCUT2D eigenvalue weighted by atomic mass is 35.5. The molecule has 5 nitrogen and oxygen atoms in total. The Hall–Kier alpha value is -0.910. The molecule has 0 saturated heterocycles. The van der Waals surface area contributed by atoms with Crippen molar-refractivity contribution < 1.29 is 9.53 Å². The summed E-state index contributed by atoms with van der Waals surface area (Å²) in [5.74, 6) is -0.142. The smallest absolute Gasteiger partial charge is 0.207 e. The molecule has 108 valence electrons. The van der Waals surface area contributed by atoms with E-state index in [1.54, 1.807) is 4.68 Å². The summed E-state index contributed by atoms with van der Waals surface area (Å²) >= 11 is 6.03. The van der Waals surface area contributed by atoms with Gasteiger partial charge in [0.1, 0.15) is 12.3 Å². The third-order valence-corrected chi connectivity index (χ3v) is 2.73. The Morgan fingerprint density at radius 1 is 1.47 bits per heavy atom. The SMILES string of the molecule is CN(C)CCn1ncc(Cl)c1C(=O)COC(C)(C)C. The van der Waals surface area contributed by atoms with Crippen LogP contribution in [0, 0.1) is 0 Å². The molecule has 0 amide bonds. The summed E-state index contributed by atoms with van der Waals surface area (Å²) in [5.41, 5.74) is 0.0733. The number of halogens is 1. The number of hydrogen-bond donors (Lipinski definition) is 0. The van der Waals surface area contributed by atoms with Gasteiger partial charge in [0.25, 0.3) is 0 Å². The Morgan fingerprint density at radius 2 is 2.11 bits per heavy atom. The van der Waals surface area contributed by atoms with Crippen LogP contribution in [0.1, 0.15) is 31.3 Å². The first-order chi connectivity index (χ1) is 8.70. The number of aromatic nitrogens is 2. The highest BCUT2D eigenvalue weighted by molar-refractivity contribution is 6.33. The maximum absolute atomic E-state index is 12.2. The number of rotatable bonds is 6. The van der Waals surface area contributed by atoms with E-state index >= 15 is 0 Å². The van der Waals surface area contributed by atoms with Gasteiger partial charge in [0.2, 0.25) is 5.78 Å². The monoisotopic (exact) mass is 287 g/mol. The summed E-state index contributed by atoms with van der Waals surface area (Å²) in [6.45, 7) is 7.15. The third-order valence-electron chi connectivity index (χ3n) is 2.45. The molecule has 6 heteroatoms.